The molecule has 0 bridgehead atoms. The minimum Gasteiger partial charge on any atom is -0.489 e. The highest BCUT2D eigenvalue weighted by molar-refractivity contribution is 5.93. The van der Waals surface area contributed by atoms with Crippen molar-refractivity contribution in [1.29, 1.82) is 0 Å². The third-order valence-corrected chi connectivity index (χ3v) is 3.62. The fraction of sp³-hybridized carbons (Fsp3) is 0.100. The number of para-hydroxylation sites is 1. The van der Waals surface area contributed by atoms with Gasteiger partial charge in [-0.15, -0.1) is 0 Å². The summed E-state index contributed by atoms with van der Waals surface area (Å²) in [4.78, 5) is 16.1. The Kier molecular flexibility index (Phi) is 5.20. The summed E-state index contributed by atoms with van der Waals surface area (Å²) in [6.45, 7) is 0.908. The third kappa shape index (κ3) is 4.20. The number of nitrogens with zero attached hydrogens (tertiary/aromatic N) is 1. The Morgan fingerprint density at radius 1 is 0.917 bits per heavy atom. The van der Waals surface area contributed by atoms with E-state index in [1.807, 2.05) is 54.6 Å². The molecule has 0 unspecified atom stereocenters. The van der Waals surface area contributed by atoms with E-state index in [-0.39, 0.29) is 5.91 Å². The number of carbonyl (C=O) groups is 1. The van der Waals surface area contributed by atoms with Crippen LogP contribution in [0.25, 0.3) is 0 Å². The normalized spacial score (nSPS) is 10.2. The van der Waals surface area contributed by atoms with Crippen molar-refractivity contribution < 1.29 is 9.53 Å². The Morgan fingerprint density at radius 3 is 2.42 bits per heavy atom. The van der Waals surface area contributed by atoms with Gasteiger partial charge < -0.3 is 10.1 Å². The number of benzene rings is 2. The molecule has 0 radical (unpaired) electrons. The van der Waals surface area contributed by atoms with Crippen molar-refractivity contribution in [2.24, 2.45) is 0 Å². The molecule has 1 amide bonds. The van der Waals surface area contributed by atoms with E-state index in [2.05, 4.69) is 10.3 Å². The molecule has 0 atom stereocenters. The lowest BCUT2D eigenvalue weighted by atomic mass is 10.1. The van der Waals surface area contributed by atoms with Crippen molar-refractivity contribution in [2.75, 3.05) is 0 Å². The molecule has 1 heterocycles. The molecule has 4 heteroatoms. The fourth-order valence-electron chi connectivity index (χ4n) is 2.32. The average Bonchev–Trinajstić information content (AvgIpc) is 2.66. The summed E-state index contributed by atoms with van der Waals surface area (Å²) in [5.41, 5.74) is 2.63. The molecule has 0 spiro atoms. The lowest BCUT2D eigenvalue weighted by Crippen LogP contribution is -2.23. The molecule has 2 aromatic carbocycles. The third-order valence-electron chi connectivity index (χ3n) is 3.62. The van der Waals surface area contributed by atoms with Crippen LogP contribution in [0.15, 0.2) is 79.1 Å². The number of amides is 1. The smallest absolute Gasteiger partial charge is 0.253 e. The predicted molar refractivity (Wildman–Crippen MR) is 92.6 cm³/mol. The average molecular weight is 318 g/mol. The van der Waals surface area contributed by atoms with Gasteiger partial charge in [0.1, 0.15) is 12.4 Å². The van der Waals surface area contributed by atoms with Gasteiger partial charge in [-0.25, -0.2) is 0 Å². The zero-order chi connectivity index (χ0) is 16.6. The molecule has 0 aliphatic rings. The molecule has 1 N–H and O–H groups in total. The van der Waals surface area contributed by atoms with Crippen LogP contribution in [-0.2, 0) is 13.2 Å². The monoisotopic (exact) mass is 318 g/mol. The molecule has 120 valence electrons. The van der Waals surface area contributed by atoms with Crippen LogP contribution in [0.5, 0.6) is 5.75 Å². The second kappa shape index (κ2) is 7.92. The second-order valence-corrected chi connectivity index (χ2v) is 5.29. The zero-order valence-electron chi connectivity index (χ0n) is 13.2. The first kappa shape index (κ1) is 15.7. The molecule has 0 saturated heterocycles. The van der Waals surface area contributed by atoms with Crippen LogP contribution in [0.2, 0.25) is 0 Å². The second-order valence-electron chi connectivity index (χ2n) is 5.29. The van der Waals surface area contributed by atoms with Crippen LogP contribution in [-0.4, -0.2) is 10.9 Å². The number of nitrogens with one attached hydrogen (secondary N) is 1. The van der Waals surface area contributed by atoms with E-state index in [1.54, 1.807) is 24.5 Å². The molecule has 24 heavy (non-hydrogen) atoms. The van der Waals surface area contributed by atoms with Crippen LogP contribution in [0.4, 0.5) is 0 Å². The standard InChI is InChI=1S/C20H18N2O2/c23-20(17-9-6-12-21-13-17)22-14-16-7-4-5-8-18(16)15-24-19-10-2-1-3-11-19/h1-13H,14-15H2,(H,22,23). The van der Waals surface area contributed by atoms with Gasteiger partial charge in [-0.3, -0.25) is 9.78 Å². The molecule has 3 rings (SSSR count). The topological polar surface area (TPSA) is 51.2 Å². The first-order chi connectivity index (χ1) is 11.8. The lowest BCUT2D eigenvalue weighted by molar-refractivity contribution is 0.0950. The summed E-state index contributed by atoms with van der Waals surface area (Å²) in [5, 5.41) is 2.92. The number of carbonyl (C=O) groups excluding carboxylic acids is 1. The number of hydrogen-bond donors (Lipinski definition) is 1. The predicted octanol–water partition coefficient (Wildman–Crippen LogP) is 3.59. The van der Waals surface area contributed by atoms with Gasteiger partial charge in [0.15, 0.2) is 0 Å². The van der Waals surface area contributed by atoms with Crippen LogP contribution in [0, 0.1) is 0 Å². The maximum Gasteiger partial charge on any atom is 0.253 e. The van der Waals surface area contributed by atoms with E-state index in [0.29, 0.717) is 18.7 Å². The quantitative estimate of drug-likeness (QED) is 0.755. The summed E-state index contributed by atoms with van der Waals surface area (Å²) >= 11 is 0. The van der Waals surface area contributed by atoms with Crippen molar-refractivity contribution in [3.8, 4) is 5.75 Å². The summed E-state index contributed by atoms with van der Waals surface area (Å²) < 4.78 is 5.80. The van der Waals surface area contributed by atoms with Crippen molar-refractivity contribution in [3.63, 3.8) is 0 Å². The van der Waals surface area contributed by atoms with E-state index in [0.717, 1.165) is 16.9 Å². The van der Waals surface area contributed by atoms with Gasteiger partial charge in [0.05, 0.1) is 5.56 Å². The summed E-state index contributed by atoms with van der Waals surface area (Å²) in [6.07, 6.45) is 3.20. The molecule has 0 saturated carbocycles. The Bertz CT molecular complexity index is 789. The highest BCUT2D eigenvalue weighted by Crippen LogP contribution is 2.14. The number of ether oxygens (including phenoxy) is 1. The van der Waals surface area contributed by atoms with E-state index in [9.17, 15) is 4.79 Å². The highest BCUT2D eigenvalue weighted by atomic mass is 16.5. The van der Waals surface area contributed by atoms with Gasteiger partial charge in [-0.05, 0) is 35.4 Å². The van der Waals surface area contributed by atoms with Gasteiger partial charge in [-0.2, -0.15) is 0 Å². The largest absolute Gasteiger partial charge is 0.489 e. The number of rotatable bonds is 6. The Hall–Kier alpha value is -3.14. The minimum atomic E-state index is -0.137. The SMILES string of the molecule is O=C(NCc1ccccc1COc1ccccc1)c1cccnc1. The van der Waals surface area contributed by atoms with Crippen molar-refractivity contribution in [1.82, 2.24) is 10.3 Å². The lowest BCUT2D eigenvalue weighted by Gasteiger charge is -2.12. The van der Waals surface area contributed by atoms with Crippen LogP contribution in [0.1, 0.15) is 21.5 Å². The number of hydrogen-bond acceptors (Lipinski definition) is 3. The molecular weight excluding hydrogens is 300 g/mol. The number of aromatic nitrogens is 1. The molecule has 0 aliphatic heterocycles. The zero-order valence-corrected chi connectivity index (χ0v) is 13.2. The Balaban J connectivity index is 1.63. The van der Waals surface area contributed by atoms with Crippen molar-refractivity contribution in [2.45, 2.75) is 13.2 Å². The molecular formula is C20H18N2O2. The van der Waals surface area contributed by atoms with Crippen LogP contribution in [0.3, 0.4) is 0 Å². The summed E-state index contributed by atoms with van der Waals surface area (Å²) in [7, 11) is 0. The first-order valence-corrected chi connectivity index (χ1v) is 7.76. The van der Waals surface area contributed by atoms with Crippen molar-refractivity contribution >= 4 is 5.91 Å². The van der Waals surface area contributed by atoms with Gasteiger partial charge in [-0.1, -0.05) is 42.5 Å². The molecule has 1 aromatic heterocycles. The van der Waals surface area contributed by atoms with E-state index in [4.69, 9.17) is 4.74 Å². The fourth-order valence-corrected chi connectivity index (χ4v) is 2.32. The van der Waals surface area contributed by atoms with E-state index < -0.39 is 0 Å². The Morgan fingerprint density at radius 2 is 1.67 bits per heavy atom. The maximum atomic E-state index is 12.1. The van der Waals surface area contributed by atoms with Gasteiger partial charge in [0, 0.05) is 18.9 Å². The Labute approximate surface area is 141 Å². The summed E-state index contributed by atoms with van der Waals surface area (Å²) in [5.74, 6) is 0.688. The van der Waals surface area contributed by atoms with Gasteiger partial charge >= 0.3 is 0 Å². The first-order valence-electron chi connectivity index (χ1n) is 7.76. The van der Waals surface area contributed by atoms with Gasteiger partial charge in [0.25, 0.3) is 5.91 Å². The van der Waals surface area contributed by atoms with Gasteiger partial charge in [0.2, 0.25) is 0 Å². The molecule has 3 aromatic rings. The maximum absolute atomic E-state index is 12.1. The van der Waals surface area contributed by atoms with E-state index >= 15 is 0 Å². The number of pyridine rings is 1. The van der Waals surface area contributed by atoms with Crippen molar-refractivity contribution in [3.05, 3.63) is 95.8 Å². The van der Waals surface area contributed by atoms with E-state index in [1.165, 1.54) is 0 Å². The van der Waals surface area contributed by atoms with Crippen LogP contribution < -0.4 is 10.1 Å². The molecule has 4 nitrogen and oxygen atoms in total. The van der Waals surface area contributed by atoms with Crippen LogP contribution >= 0.6 is 0 Å². The molecule has 0 fully saturated rings. The minimum absolute atomic E-state index is 0.137. The summed E-state index contributed by atoms with van der Waals surface area (Å²) in [6, 6.07) is 21.1. The highest BCUT2D eigenvalue weighted by Gasteiger charge is 2.07. The molecule has 0 aliphatic carbocycles.